The predicted octanol–water partition coefficient (Wildman–Crippen LogP) is 4.12. The second-order valence-corrected chi connectivity index (χ2v) is 7.06. The molecule has 1 aliphatic heterocycles. The molecule has 1 aromatic rings. The molecule has 0 radical (unpaired) electrons. The Morgan fingerprint density at radius 1 is 1.25 bits per heavy atom. The first-order valence-corrected chi connectivity index (χ1v) is 9.11. The molecule has 0 aromatic carbocycles. The smallest absolute Gasteiger partial charge is 0.0630 e. The molecule has 1 saturated carbocycles. The van der Waals surface area contributed by atoms with Gasteiger partial charge in [-0.15, -0.1) is 0 Å². The lowest BCUT2D eigenvalue weighted by Crippen LogP contribution is -2.33. The van der Waals surface area contributed by atoms with Crippen LogP contribution in [-0.4, -0.2) is 28.3 Å². The molecule has 2 aliphatic rings. The number of rotatable bonds is 4. The number of aromatic nitrogens is 2. The zero-order chi connectivity index (χ0) is 13.8. The third-order valence-corrected chi connectivity index (χ3v) is 6.19. The lowest BCUT2D eigenvalue weighted by atomic mass is 9.78. The van der Waals surface area contributed by atoms with Crippen LogP contribution in [0.2, 0.25) is 0 Å². The van der Waals surface area contributed by atoms with Gasteiger partial charge in [0, 0.05) is 24.7 Å². The van der Waals surface area contributed by atoms with E-state index in [9.17, 15) is 0 Å². The summed E-state index contributed by atoms with van der Waals surface area (Å²) < 4.78 is 7.75. The monoisotopic (exact) mass is 340 g/mol. The highest BCUT2D eigenvalue weighted by Gasteiger charge is 2.32. The van der Waals surface area contributed by atoms with Gasteiger partial charge in [-0.1, -0.05) is 35.2 Å². The Hall–Kier alpha value is -0.350. The lowest BCUT2D eigenvalue weighted by molar-refractivity contribution is 0.0264. The van der Waals surface area contributed by atoms with Gasteiger partial charge in [0.05, 0.1) is 11.7 Å². The molecule has 0 unspecified atom stereocenters. The fourth-order valence-corrected chi connectivity index (χ4v) is 4.33. The Balaban J connectivity index is 1.66. The number of alkyl halides is 1. The largest absolute Gasteiger partial charge is 0.381 e. The molecule has 2 heterocycles. The van der Waals surface area contributed by atoms with Gasteiger partial charge in [0.25, 0.3) is 0 Å². The van der Waals surface area contributed by atoms with Crippen LogP contribution in [0.4, 0.5) is 0 Å². The SMILES string of the molecule is BrCC1(Cc2ccn(C3CCCCC3)n2)CCOCC1. The van der Waals surface area contributed by atoms with Crippen LogP contribution in [0.5, 0.6) is 0 Å². The van der Waals surface area contributed by atoms with Crippen LogP contribution in [-0.2, 0) is 11.2 Å². The maximum atomic E-state index is 5.52. The van der Waals surface area contributed by atoms with Crippen molar-refractivity contribution in [2.75, 3.05) is 18.5 Å². The maximum absolute atomic E-state index is 5.52. The normalized spacial score (nSPS) is 23.9. The molecule has 3 nitrogen and oxygen atoms in total. The van der Waals surface area contributed by atoms with E-state index in [1.54, 1.807) is 0 Å². The van der Waals surface area contributed by atoms with E-state index < -0.39 is 0 Å². The van der Waals surface area contributed by atoms with E-state index in [0.717, 1.165) is 37.8 Å². The lowest BCUT2D eigenvalue weighted by Gasteiger charge is -2.35. The molecule has 3 rings (SSSR count). The molecule has 0 spiro atoms. The average molecular weight is 341 g/mol. The van der Waals surface area contributed by atoms with Crippen molar-refractivity contribution in [3.63, 3.8) is 0 Å². The van der Waals surface area contributed by atoms with Gasteiger partial charge in [-0.25, -0.2) is 0 Å². The van der Waals surface area contributed by atoms with Gasteiger partial charge in [0.15, 0.2) is 0 Å². The first kappa shape index (κ1) is 14.6. The second kappa shape index (κ2) is 6.61. The third-order valence-electron chi connectivity index (χ3n) is 5.01. The van der Waals surface area contributed by atoms with Gasteiger partial charge in [-0.3, -0.25) is 4.68 Å². The van der Waals surface area contributed by atoms with E-state index >= 15 is 0 Å². The molecule has 0 N–H and O–H groups in total. The van der Waals surface area contributed by atoms with Gasteiger partial charge < -0.3 is 4.74 Å². The molecule has 0 bridgehead atoms. The second-order valence-electron chi connectivity index (χ2n) is 6.50. The van der Waals surface area contributed by atoms with Crippen LogP contribution >= 0.6 is 15.9 Å². The van der Waals surface area contributed by atoms with Crippen LogP contribution < -0.4 is 0 Å². The van der Waals surface area contributed by atoms with Crippen molar-refractivity contribution in [2.45, 2.75) is 57.4 Å². The van der Waals surface area contributed by atoms with E-state index in [1.807, 2.05) is 0 Å². The van der Waals surface area contributed by atoms with Crippen molar-refractivity contribution in [3.8, 4) is 0 Å². The van der Waals surface area contributed by atoms with E-state index in [-0.39, 0.29) is 0 Å². The minimum atomic E-state index is 0.351. The summed E-state index contributed by atoms with van der Waals surface area (Å²) in [5.41, 5.74) is 1.61. The van der Waals surface area contributed by atoms with Gasteiger partial charge >= 0.3 is 0 Å². The van der Waals surface area contributed by atoms with Gasteiger partial charge in [-0.2, -0.15) is 5.10 Å². The van der Waals surface area contributed by atoms with Crippen LogP contribution in [0.25, 0.3) is 0 Å². The molecule has 20 heavy (non-hydrogen) atoms. The van der Waals surface area contributed by atoms with Crippen LogP contribution in [0.1, 0.15) is 56.7 Å². The minimum absolute atomic E-state index is 0.351. The fourth-order valence-electron chi connectivity index (χ4n) is 3.57. The molecule has 2 fully saturated rings. The molecule has 1 aromatic heterocycles. The number of ether oxygens (including phenoxy) is 1. The van der Waals surface area contributed by atoms with Crippen LogP contribution in [0.3, 0.4) is 0 Å². The first-order chi connectivity index (χ1) is 9.81. The van der Waals surface area contributed by atoms with Crippen molar-refractivity contribution in [2.24, 2.45) is 5.41 Å². The first-order valence-electron chi connectivity index (χ1n) is 7.99. The van der Waals surface area contributed by atoms with E-state index in [2.05, 4.69) is 32.9 Å². The summed E-state index contributed by atoms with van der Waals surface area (Å²) in [4.78, 5) is 0. The van der Waals surface area contributed by atoms with E-state index in [1.165, 1.54) is 37.8 Å². The van der Waals surface area contributed by atoms with E-state index in [4.69, 9.17) is 9.84 Å². The highest BCUT2D eigenvalue weighted by Crippen LogP contribution is 2.36. The summed E-state index contributed by atoms with van der Waals surface area (Å²) in [6, 6.07) is 2.88. The molecule has 0 atom stereocenters. The summed E-state index contributed by atoms with van der Waals surface area (Å²) >= 11 is 3.72. The van der Waals surface area contributed by atoms with Crippen molar-refractivity contribution < 1.29 is 4.74 Å². The standard InChI is InChI=1S/C16H25BrN2O/c17-13-16(7-10-20-11-8-16)12-14-6-9-19(18-14)15-4-2-1-3-5-15/h6,9,15H,1-5,7-8,10-13H2. The maximum Gasteiger partial charge on any atom is 0.0630 e. The zero-order valence-corrected chi connectivity index (χ0v) is 13.8. The van der Waals surface area contributed by atoms with Crippen LogP contribution in [0, 0.1) is 5.41 Å². The molecule has 0 amide bonds. The Kier molecular flexibility index (Phi) is 4.82. The van der Waals surface area contributed by atoms with Crippen molar-refractivity contribution in [1.82, 2.24) is 9.78 Å². The summed E-state index contributed by atoms with van der Waals surface area (Å²) in [6.07, 6.45) is 12.3. The summed E-state index contributed by atoms with van der Waals surface area (Å²) in [7, 11) is 0. The third kappa shape index (κ3) is 3.28. The Morgan fingerprint density at radius 3 is 2.70 bits per heavy atom. The van der Waals surface area contributed by atoms with Crippen molar-refractivity contribution in [3.05, 3.63) is 18.0 Å². The Bertz CT molecular complexity index is 420. The Labute approximate surface area is 130 Å². The average Bonchev–Trinajstić information content (AvgIpc) is 2.97. The number of halogens is 1. The summed E-state index contributed by atoms with van der Waals surface area (Å²) in [6.45, 7) is 1.80. The number of hydrogen-bond donors (Lipinski definition) is 0. The topological polar surface area (TPSA) is 27.1 Å². The van der Waals surface area contributed by atoms with Gasteiger partial charge in [0.2, 0.25) is 0 Å². The van der Waals surface area contributed by atoms with Gasteiger partial charge in [-0.05, 0) is 43.6 Å². The molecule has 1 saturated heterocycles. The molecule has 1 aliphatic carbocycles. The number of hydrogen-bond acceptors (Lipinski definition) is 2. The molecule has 4 heteroatoms. The van der Waals surface area contributed by atoms with Crippen molar-refractivity contribution >= 4 is 15.9 Å². The fraction of sp³-hybridized carbons (Fsp3) is 0.812. The zero-order valence-electron chi connectivity index (χ0n) is 12.2. The quantitative estimate of drug-likeness (QED) is 0.770. The van der Waals surface area contributed by atoms with Gasteiger partial charge in [0.1, 0.15) is 0 Å². The van der Waals surface area contributed by atoms with E-state index in [0.29, 0.717) is 11.5 Å². The van der Waals surface area contributed by atoms with Crippen molar-refractivity contribution in [1.29, 1.82) is 0 Å². The molecular weight excluding hydrogens is 316 g/mol. The Morgan fingerprint density at radius 2 is 2.00 bits per heavy atom. The molecule has 112 valence electrons. The minimum Gasteiger partial charge on any atom is -0.381 e. The highest BCUT2D eigenvalue weighted by atomic mass is 79.9. The summed E-state index contributed by atoms with van der Waals surface area (Å²) in [5, 5.41) is 5.93. The van der Waals surface area contributed by atoms with Crippen LogP contribution in [0.15, 0.2) is 12.3 Å². The molecular formula is C16H25BrN2O. The predicted molar refractivity (Wildman–Crippen MR) is 84.3 cm³/mol. The number of nitrogens with zero attached hydrogens (tertiary/aromatic N) is 2. The highest BCUT2D eigenvalue weighted by molar-refractivity contribution is 9.09. The summed E-state index contributed by atoms with van der Waals surface area (Å²) in [5.74, 6) is 0.